The Morgan fingerprint density at radius 3 is 2.74 bits per heavy atom. The summed E-state index contributed by atoms with van der Waals surface area (Å²) in [6.45, 7) is 3.58. The third kappa shape index (κ3) is 5.16. The van der Waals surface area contributed by atoms with Gasteiger partial charge in [-0.15, -0.1) is 11.3 Å². The average Bonchev–Trinajstić information content (AvgIpc) is 3.39. The maximum Gasteiger partial charge on any atom is 0.262 e. The molecule has 0 unspecified atom stereocenters. The van der Waals surface area contributed by atoms with Crippen LogP contribution in [0.4, 0.5) is 5.95 Å². The van der Waals surface area contributed by atoms with Crippen molar-refractivity contribution in [1.29, 1.82) is 0 Å². The summed E-state index contributed by atoms with van der Waals surface area (Å²) in [5, 5.41) is 4.33. The minimum Gasteiger partial charge on any atom is -0.491 e. The summed E-state index contributed by atoms with van der Waals surface area (Å²) in [6.07, 6.45) is 2.46. The predicted molar refractivity (Wildman–Crippen MR) is 135 cm³/mol. The van der Waals surface area contributed by atoms with Crippen molar-refractivity contribution < 1.29 is 9.53 Å². The topological polar surface area (TPSA) is 93.4 Å². The molecule has 4 rings (SSSR count). The fourth-order valence-corrected chi connectivity index (χ4v) is 5.34. The highest BCUT2D eigenvalue weighted by molar-refractivity contribution is 14.1. The van der Waals surface area contributed by atoms with Crippen molar-refractivity contribution in [2.45, 2.75) is 12.8 Å². The molecular weight excluding hydrogens is 572 g/mol. The number of thiophene rings is 1. The average molecular weight is 592 g/mol. The quantitative estimate of drug-likeness (QED) is 0.232. The molecule has 1 aliphatic heterocycles. The molecule has 3 aromatic rings. The van der Waals surface area contributed by atoms with E-state index in [-0.39, 0.29) is 11.9 Å². The number of aromatic nitrogens is 2. The van der Waals surface area contributed by atoms with Crippen molar-refractivity contribution in [3.05, 3.63) is 33.1 Å². The van der Waals surface area contributed by atoms with E-state index in [4.69, 9.17) is 33.7 Å². The lowest BCUT2D eigenvalue weighted by Gasteiger charge is -2.16. The van der Waals surface area contributed by atoms with Gasteiger partial charge in [0, 0.05) is 17.5 Å². The molecule has 3 N–H and O–H groups in total. The zero-order chi connectivity index (χ0) is 22.0. The number of hydrogen-bond donors (Lipinski definition) is 2. The Labute approximate surface area is 207 Å². The van der Waals surface area contributed by atoms with Crippen LogP contribution >= 0.6 is 57.1 Å². The Kier molecular flexibility index (Phi) is 7.37. The second kappa shape index (κ2) is 10.0. The molecule has 1 amide bonds. The molecule has 0 spiro atoms. The number of nitrogens with one attached hydrogen (secondary N) is 1. The summed E-state index contributed by atoms with van der Waals surface area (Å²) in [6, 6.07) is 5.18. The zero-order valence-corrected chi connectivity index (χ0v) is 20.9. The first kappa shape index (κ1) is 22.8. The monoisotopic (exact) mass is 591 g/mol. The van der Waals surface area contributed by atoms with Gasteiger partial charge >= 0.3 is 0 Å². The van der Waals surface area contributed by atoms with E-state index in [9.17, 15) is 4.79 Å². The van der Waals surface area contributed by atoms with Crippen molar-refractivity contribution in [3.8, 4) is 17.0 Å². The molecule has 1 fully saturated rings. The van der Waals surface area contributed by atoms with Crippen molar-refractivity contribution in [2.75, 3.05) is 36.5 Å². The van der Waals surface area contributed by atoms with Crippen LogP contribution in [0.2, 0.25) is 10.0 Å². The molecule has 31 heavy (non-hydrogen) atoms. The SMILES string of the molecule is Nc1nc(-c2cc(OCCN3CCCC3)c(Cl)cc2Cl)c2cc(C(=O)NCI)sc2n1. The lowest BCUT2D eigenvalue weighted by atomic mass is 10.1. The molecule has 1 aromatic carbocycles. The van der Waals surface area contributed by atoms with Gasteiger partial charge in [-0.3, -0.25) is 9.69 Å². The van der Waals surface area contributed by atoms with Gasteiger partial charge in [0.1, 0.15) is 17.2 Å². The van der Waals surface area contributed by atoms with E-state index in [1.54, 1.807) is 18.2 Å². The Morgan fingerprint density at radius 2 is 2.00 bits per heavy atom. The number of rotatable bonds is 7. The molecule has 164 valence electrons. The number of amides is 1. The lowest BCUT2D eigenvalue weighted by molar-refractivity contribution is 0.0966. The van der Waals surface area contributed by atoms with E-state index in [0.29, 0.717) is 53.3 Å². The highest BCUT2D eigenvalue weighted by Gasteiger charge is 2.20. The van der Waals surface area contributed by atoms with Crippen LogP contribution in [-0.2, 0) is 0 Å². The maximum atomic E-state index is 12.3. The Hall–Kier alpha value is -1.40. The van der Waals surface area contributed by atoms with Gasteiger partial charge < -0.3 is 15.8 Å². The Balaban J connectivity index is 1.68. The van der Waals surface area contributed by atoms with E-state index < -0.39 is 0 Å². The van der Waals surface area contributed by atoms with Crippen LogP contribution in [0.3, 0.4) is 0 Å². The van der Waals surface area contributed by atoms with Crippen molar-refractivity contribution >= 4 is 79.2 Å². The number of fused-ring (bicyclic) bond motifs is 1. The van der Waals surface area contributed by atoms with Gasteiger partial charge in [-0.25, -0.2) is 9.97 Å². The fourth-order valence-electron chi connectivity index (χ4n) is 3.52. The van der Waals surface area contributed by atoms with Gasteiger partial charge in [0.25, 0.3) is 5.91 Å². The number of carbonyl (C=O) groups is 1. The van der Waals surface area contributed by atoms with Crippen LogP contribution in [0, 0.1) is 0 Å². The van der Waals surface area contributed by atoms with E-state index in [1.165, 1.54) is 24.2 Å². The van der Waals surface area contributed by atoms with Gasteiger partial charge in [0.05, 0.1) is 25.2 Å². The fraction of sp³-hybridized carbons (Fsp3) is 0.350. The van der Waals surface area contributed by atoms with Gasteiger partial charge in [-0.05, 0) is 44.1 Å². The number of nitrogens with two attached hydrogens (primary N) is 1. The smallest absolute Gasteiger partial charge is 0.262 e. The van der Waals surface area contributed by atoms with Crippen LogP contribution in [0.5, 0.6) is 5.75 Å². The number of benzene rings is 1. The second-order valence-corrected chi connectivity index (χ2v) is 9.67. The van der Waals surface area contributed by atoms with E-state index in [2.05, 4.69) is 42.8 Å². The molecule has 3 heterocycles. The standard InChI is InChI=1S/C20H20Cl2IN5O2S/c21-13-9-14(22)15(30-6-5-28-3-1-2-4-28)7-11(13)17-12-8-16(18(29)25-10-23)31-19(12)27-20(24)26-17/h7-9H,1-6,10H2,(H,25,29)(H2,24,26,27). The minimum absolute atomic E-state index is 0.104. The molecule has 0 bridgehead atoms. The second-order valence-electron chi connectivity index (χ2n) is 7.06. The Morgan fingerprint density at radius 1 is 1.23 bits per heavy atom. The summed E-state index contributed by atoms with van der Waals surface area (Å²) < 4.78 is 6.47. The van der Waals surface area contributed by atoms with Crippen LogP contribution in [0.25, 0.3) is 21.5 Å². The van der Waals surface area contributed by atoms with E-state index >= 15 is 0 Å². The maximum absolute atomic E-state index is 12.3. The highest BCUT2D eigenvalue weighted by Crippen LogP contribution is 2.40. The van der Waals surface area contributed by atoms with Crippen molar-refractivity contribution in [1.82, 2.24) is 20.2 Å². The highest BCUT2D eigenvalue weighted by atomic mass is 127. The number of halogens is 3. The number of nitrogen functional groups attached to an aromatic ring is 1. The zero-order valence-electron chi connectivity index (χ0n) is 16.5. The number of alkyl halides is 1. The summed E-state index contributed by atoms with van der Waals surface area (Å²) in [5.41, 5.74) is 7.12. The molecule has 1 saturated heterocycles. The van der Waals surface area contributed by atoms with Crippen LogP contribution in [0.15, 0.2) is 18.2 Å². The molecule has 0 atom stereocenters. The normalized spacial score (nSPS) is 14.3. The largest absolute Gasteiger partial charge is 0.491 e. The molecule has 0 saturated carbocycles. The number of likely N-dealkylation sites (tertiary alicyclic amines) is 1. The Bertz CT molecular complexity index is 1120. The van der Waals surface area contributed by atoms with E-state index in [1.807, 2.05) is 0 Å². The summed E-state index contributed by atoms with van der Waals surface area (Å²) in [4.78, 5) is 24.5. The van der Waals surface area contributed by atoms with E-state index in [0.717, 1.165) is 19.6 Å². The van der Waals surface area contributed by atoms with Crippen molar-refractivity contribution in [3.63, 3.8) is 0 Å². The van der Waals surface area contributed by atoms with Crippen LogP contribution in [0.1, 0.15) is 22.5 Å². The molecule has 1 aliphatic rings. The summed E-state index contributed by atoms with van der Waals surface area (Å²) in [5.74, 6) is 0.464. The summed E-state index contributed by atoms with van der Waals surface area (Å²) in [7, 11) is 0. The van der Waals surface area contributed by atoms with Crippen molar-refractivity contribution in [2.24, 2.45) is 0 Å². The molecule has 0 aliphatic carbocycles. The summed E-state index contributed by atoms with van der Waals surface area (Å²) >= 11 is 16.2. The number of anilines is 1. The third-order valence-corrected chi connectivity index (χ3v) is 7.02. The molecular formula is C20H20Cl2IN5O2S. The molecule has 0 radical (unpaired) electrons. The number of carbonyl (C=O) groups excluding carboxylic acids is 1. The molecule has 2 aromatic heterocycles. The number of nitrogens with zero attached hydrogens (tertiary/aromatic N) is 3. The number of ether oxygens (including phenoxy) is 1. The predicted octanol–water partition coefficient (Wildman–Crippen LogP) is 4.84. The first-order valence-corrected chi connectivity index (χ1v) is 12.8. The third-order valence-electron chi connectivity index (χ3n) is 5.00. The van der Waals surface area contributed by atoms with Gasteiger partial charge in [0.15, 0.2) is 0 Å². The first-order valence-electron chi connectivity index (χ1n) is 9.72. The van der Waals surface area contributed by atoms with Gasteiger partial charge in [0.2, 0.25) is 5.95 Å². The van der Waals surface area contributed by atoms with Crippen LogP contribution in [-0.4, -0.2) is 51.6 Å². The first-order chi connectivity index (χ1) is 15.0. The number of hydrogen-bond acceptors (Lipinski definition) is 7. The lowest BCUT2D eigenvalue weighted by Crippen LogP contribution is -2.25. The molecule has 7 nitrogen and oxygen atoms in total. The molecule has 11 heteroatoms. The van der Waals surface area contributed by atoms with Gasteiger partial charge in [-0.1, -0.05) is 45.8 Å². The minimum atomic E-state index is -0.171. The van der Waals surface area contributed by atoms with Gasteiger partial charge in [-0.2, -0.15) is 0 Å². The van der Waals surface area contributed by atoms with Crippen LogP contribution < -0.4 is 15.8 Å².